The van der Waals surface area contributed by atoms with E-state index >= 15 is 0 Å². The van der Waals surface area contributed by atoms with E-state index in [1.54, 1.807) is 24.3 Å². The summed E-state index contributed by atoms with van der Waals surface area (Å²) >= 11 is 5.99. The lowest BCUT2D eigenvalue weighted by Crippen LogP contribution is -2.35. The molecule has 1 aliphatic heterocycles. The number of hydrogen-bond donors (Lipinski definition) is 1. The molecule has 0 unspecified atom stereocenters. The minimum Gasteiger partial charge on any atom is -0.491 e. The quantitative estimate of drug-likeness (QED) is 0.652. The summed E-state index contributed by atoms with van der Waals surface area (Å²) in [6.45, 7) is 8.23. The fourth-order valence-electron chi connectivity index (χ4n) is 3.14. The Hall–Kier alpha value is -2.79. The Morgan fingerprint density at radius 1 is 0.931 bits per heavy atom. The molecular weight excluding hydrogens is 388 g/mol. The van der Waals surface area contributed by atoms with Crippen LogP contribution >= 0.6 is 11.6 Å². The number of ether oxygens (including phenoxy) is 1. The average Bonchev–Trinajstić information content (AvgIpc) is 2.88. The van der Waals surface area contributed by atoms with Crippen LogP contribution in [0.2, 0.25) is 5.02 Å². The van der Waals surface area contributed by atoms with Gasteiger partial charge in [-0.15, -0.1) is 0 Å². The first kappa shape index (κ1) is 20.9. The van der Waals surface area contributed by atoms with Gasteiger partial charge in [-0.2, -0.15) is 0 Å². The van der Waals surface area contributed by atoms with E-state index in [-0.39, 0.29) is 29.5 Å². The molecule has 0 saturated heterocycles. The zero-order valence-corrected chi connectivity index (χ0v) is 17.8. The molecule has 1 heterocycles. The standard InChI is InChI=1S/C23H25ClN2O3/c1-14(2)13-26-22(27)20(16-5-7-17(24)8-6-16)21(23(26)28)25-18-9-11-19(12-10-18)29-15(3)4/h5-12,14-15,25H,13H2,1-4H3. The van der Waals surface area contributed by atoms with Crippen molar-refractivity contribution in [2.24, 2.45) is 5.92 Å². The molecule has 1 aliphatic rings. The van der Waals surface area contributed by atoms with Crippen LogP contribution < -0.4 is 10.1 Å². The predicted molar refractivity (Wildman–Crippen MR) is 116 cm³/mol. The first-order chi connectivity index (χ1) is 13.8. The summed E-state index contributed by atoms with van der Waals surface area (Å²) in [6, 6.07) is 14.2. The monoisotopic (exact) mass is 412 g/mol. The highest BCUT2D eigenvalue weighted by Crippen LogP contribution is 2.32. The molecule has 0 saturated carbocycles. The number of carbonyl (C=O) groups is 2. The number of hydrogen-bond acceptors (Lipinski definition) is 4. The van der Waals surface area contributed by atoms with E-state index in [4.69, 9.17) is 16.3 Å². The molecule has 1 N–H and O–H groups in total. The van der Waals surface area contributed by atoms with Crippen LogP contribution in [0.1, 0.15) is 33.3 Å². The SMILES string of the molecule is CC(C)CN1C(=O)C(Nc2ccc(OC(C)C)cc2)=C(c2ccc(Cl)cc2)C1=O. The largest absolute Gasteiger partial charge is 0.491 e. The third-order valence-corrected chi connectivity index (χ3v) is 4.60. The minimum atomic E-state index is -0.323. The molecule has 0 fully saturated rings. The fraction of sp³-hybridized carbons (Fsp3) is 0.304. The number of imide groups is 1. The molecule has 29 heavy (non-hydrogen) atoms. The van der Waals surface area contributed by atoms with E-state index in [0.717, 1.165) is 5.75 Å². The molecular formula is C23H25ClN2O3. The van der Waals surface area contributed by atoms with Gasteiger partial charge in [0.2, 0.25) is 0 Å². The highest BCUT2D eigenvalue weighted by atomic mass is 35.5. The lowest BCUT2D eigenvalue weighted by atomic mass is 10.0. The van der Waals surface area contributed by atoms with Gasteiger partial charge in [0.15, 0.2) is 0 Å². The van der Waals surface area contributed by atoms with Gasteiger partial charge in [0.1, 0.15) is 11.4 Å². The van der Waals surface area contributed by atoms with Gasteiger partial charge in [-0.1, -0.05) is 37.6 Å². The molecule has 0 radical (unpaired) electrons. The molecule has 6 heteroatoms. The van der Waals surface area contributed by atoms with E-state index < -0.39 is 0 Å². The van der Waals surface area contributed by atoms with Crippen molar-refractivity contribution >= 4 is 34.7 Å². The predicted octanol–water partition coefficient (Wildman–Crippen LogP) is 4.98. The lowest BCUT2D eigenvalue weighted by Gasteiger charge is -2.17. The van der Waals surface area contributed by atoms with Crippen LogP contribution in [0.5, 0.6) is 5.75 Å². The van der Waals surface area contributed by atoms with Crippen molar-refractivity contribution in [2.45, 2.75) is 33.8 Å². The maximum absolute atomic E-state index is 13.1. The molecule has 0 bridgehead atoms. The molecule has 0 atom stereocenters. The summed E-state index contributed by atoms with van der Waals surface area (Å²) in [5, 5.41) is 3.72. The molecule has 0 aliphatic carbocycles. The Morgan fingerprint density at radius 3 is 2.10 bits per heavy atom. The summed E-state index contributed by atoms with van der Waals surface area (Å²) < 4.78 is 5.66. The van der Waals surface area contributed by atoms with E-state index in [0.29, 0.717) is 28.4 Å². The normalized spacial score (nSPS) is 14.4. The number of halogens is 1. The smallest absolute Gasteiger partial charge is 0.278 e. The van der Waals surface area contributed by atoms with Gasteiger partial charge in [0.25, 0.3) is 11.8 Å². The van der Waals surface area contributed by atoms with Crippen molar-refractivity contribution in [3.8, 4) is 5.75 Å². The van der Waals surface area contributed by atoms with E-state index in [9.17, 15) is 9.59 Å². The number of nitrogens with one attached hydrogen (secondary N) is 1. The first-order valence-corrected chi connectivity index (χ1v) is 10.0. The van der Waals surface area contributed by atoms with Crippen LogP contribution in [0.15, 0.2) is 54.2 Å². The van der Waals surface area contributed by atoms with Crippen LogP contribution in [0.4, 0.5) is 5.69 Å². The second-order valence-corrected chi connectivity index (χ2v) is 8.12. The highest BCUT2D eigenvalue weighted by molar-refractivity contribution is 6.36. The summed E-state index contributed by atoms with van der Waals surface area (Å²) in [5.74, 6) is 0.290. The molecule has 2 aromatic rings. The van der Waals surface area contributed by atoms with E-state index in [1.165, 1.54) is 4.90 Å². The van der Waals surface area contributed by atoms with Gasteiger partial charge in [-0.25, -0.2) is 0 Å². The van der Waals surface area contributed by atoms with Gasteiger partial charge in [0, 0.05) is 17.3 Å². The van der Waals surface area contributed by atoms with Gasteiger partial charge >= 0.3 is 0 Å². The molecule has 2 aromatic carbocycles. The lowest BCUT2D eigenvalue weighted by molar-refractivity contribution is -0.137. The van der Waals surface area contributed by atoms with Crippen molar-refractivity contribution in [1.82, 2.24) is 4.90 Å². The molecule has 0 spiro atoms. The van der Waals surface area contributed by atoms with Crippen molar-refractivity contribution in [3.05, 3.63) is 64.8 Å². The van der Waals surface area contributed by atoms with Gasteiger partial charge in [-0.05, 0) is 61.7 Å². The van der Waals surface area contributed by atoms with Crippen LogP contribution in [-0.2, 0) is 9.59 Å². The number of benzene rings is 2. The molecule has 2 amide bonds. The third-order valence-electron chi connectivity index (χ3n) is 4.34. The Kier molecular flexibility index (Phi) is 6.28. The van der Waals surface area contributed by atoms with Crippen LogP contribution in [0.25, 0.3) is 5.57 Å². The Morgan fingerprint density at radius 2 is 1.55 bits per heavy atom. The topological polar surface area (TPSA) is 58.6 Å². The zero-order chi connectivity index (χ0) is 21.1. The van der Waals surface area contributed by atoms with Crippen molar-refractivity contribution in [1.29, 1.82) is 0 Å². The number of carbonyl (C=O) groups excluding carboxylic acids is 2. The fourth-order valence-corrected chi connectivity index (χ4v) is 3.27. The molecule has 152 valence electrons. The van der Waals surface area contributed by atoms with Gasteiger partial charge in [0.05, 0.1) is 11.7 Å². The second kappa shape index (κ2) is 8.70. The summed E-state index contributed by atoms with van der Waals surface area (Å²) in [7, 11) is 0. The van der Waals surface area contributed by atoms with E-state index in [1.807, 2.05) is 52.0 Å². The summed E-state index contributed by atoms with van der Waals surface area (Å²) in [5.41, 5.74) is 1.99. The number of anilines is 1. The molecule has 3 rings (SSSR count). The summed E-state index contributed by atoms with van der Waals surface area (Å²) in [6.07, 6.45) is 0.0756. The highest BCUT2D eigenvalue weighted by Gasteiger charge is 2.39. The van der Waals surface area contributed by atoms with Gasteiger partial charge in [-0.3, -0.25) is 14.5 Å². The van der Waals surface area contributed by atoms with Crippen LogP contribution in [0.3, 0.4) is 0 Å². The van der Waals surface area contributed by atoms with Crippen molar-refractivity contribution in [3.63, 3.8) is 0 Å². The second-order valence-electron chi connectivity index (χ2n) is 7.69. The third kappa shape index (κ3) is 4.80. The van der Waals surface area contributed by atoms with Crippen LogP contribution in [-0.4, -0.2) is 29.4 Å². The van der Waals surface area contributed by atoms with Crippen molar-refractivity contribution < 1.29 is 14.3 Å². The zero-order valence-electron chi connectivity index (χ0n) is 17.0. The molecule has 0 aromatic heterocycles. The number of amides is 2. The molecule has 5 nitrogen and oxygen atoms in total. The maximum atomic E-state index is 13.1. The van der Waals surface area contributed by atoms with Crippen LogP contribution in [0, 0.1) is 5.92 Å². The Bertz CT molecular complexity index is 932. The Balaban J connectivity index is 1.96. The maximum Gasteiger partial charge on any atom is 0.278 e. The summed E-state index contributed by atoms with van der Waals surface area (Å²) in [4.78, 5) is 27.4. The number of rotatable bonds is 7. The minimum absolute atomic E-state index is 0.0756. The average molecular weight is 413 g/mol. The van der Waals surface area contributed by atoms with Gasteiger partial charge < -0.3 is 10.1 Å². The first-order valence-electron chi connectivity index (χ1n) is 9.66. The van der Waals surface area contributed by atoms with Crippen molar-refractivity contribution in [2.75, 3.05) is 11.9 Å². The Labute approximate surface area is 176 Å². The van der Waals surface area contributed by atoms with E-state index in [2.05, 4.69) is 5.32 Å². The number of nitrogens with zero attached hydrogens (tertiary/aromatic N) is 1.